The van der Waals surface area contributed by atoms with Crippen molar-refractivity contribution in [2.24, 2.45) is 10.9 Å². The van der Waals surface area contributed by atoms with Crippen LogP contribution in [0.25, 0.3) is 0 Å². The van der Waals surface area contributed by atoms with Gasteiger partial charge in [-0.05, 0) is 48.4 Å². The number of hydrogen-bond donors (Lipinski definition) is 2. The van der Waals surface area contributed by atoms with Crippen LogP contribution in [0.3, 0.4) is 0 Å². The lowest BCUT2D eigenvalue weighted by Crippen LogP contribution is -2.23. The average Bonchev–Trinajstić information content (AvgIpc) is 3.40. The molecule has 2 atom stereocenters. The summed E-state index contributed by atoms with van der Waals surface area (Å²) in [4.78, 5) is 12.7. The molecular weight excluding hydrogens is 474 g/mol. The maximum absolute atomic E-state index is 8.65. The fourth-order valence-corrected chi connectivity index (χ4v) is 6.15. The predicted molar refractivity (Wildman–Crippen MR) is 151 cm³/mol. The highest BCUT2D eigenvalue weighted by atomic mass is 35.5. The molecule has 2 unspecified atom stereocenters. The molecule has 1 aromatic heterocycles. The Hall–Kier alpha value is -2.96. The number of nitrogens with two attached hydrogens (primary N) is 1. The normalized spacial score (nSPS) is 19.3. The van der Waals surface area contributed by atoms with E-state index in [0.717, 1.165) is 59.2 Å². The zero-order chi connectivity index (χ0) is 23.7. The molecule has 7 heteroatoms. The number of halogens is 1. The van der Waals surface area contributed by atoms with Crippen molar-refractivity contribution in [2.45, 2.75) is 45.4 Å². The van der Waals surface area contributed by atoms with Crippen molar-refractivity contribution in [2.75, 3.05) is 17.2 Å². The van der Waals surface area contributed by atoms with Crippen LogP contribution in [0.1, 0.15) is 55.9 Å². The number of nitrogens with zero attached hydrogens (tertiary/aromatic N) is 3. The number of nitrogen functional groups attached to an aromatic ring is 1. The van der Waals surface area contributed by atoms with Crippen molar-refractivity contribution in [3.8, 4) is 0 Å². The molecule has 2 aliphatic rings. The lowest BCUT2D eigenvalue weighted by atomic mass is 9.71. The van der Waals surface area contributed by atoms with Gasteiger partial charge in [0.15, 0.2) is 5.13 Å². The number of nitrogens with one attached hydrogen (secondary N) is 1. The molecule has 2 heterocycles. The van der Waals surface area contributed by atoms with E-state index < -0.39 is 0 Å². The molecular formula is C28H32ClN5S. The smallest absolute Gasteiger partial charge is 0.192 e. The summed E-state index contributed by atoms with van der Waals surface area (Å²) in [6, 6.07) is 21.0. The molecule has 1 aliphatic heterocycles. The number of aromatic nitrogens is 1. The van der Waals surface area contributed by atoms with E-state index in [1.165, 1.54) is 11.1 Å². The number of hydrogen-bond acceptors (Lipinski definition) is 5. The summed E-state index contributed by atoms with van der Waals surface area (Å²) in [5.41, 5.74) is 12.0. The molecule has 0 saturated carbocycles. The Bertz CT molecular complexity index is 1250. The van der Waals surface area contributed by atoms with Crippen molar-refractivity contribution in [1.29, 1.82) is 5.41 Å². The van der Waals surface area contributed by atoms with Crippen LogP contribution in [0.5, 0.6) is 0 Å². The van der Waals surface area contributed by atoms with E-state index >= 15 is 0 Å². The molecule has 0 radical (unpaired) electrons. The number of thiazole rings is 1. The molecule has 182 valence electrons. The third-order valence-corrected chi connectivity index (χ3v) is 7.97. The number of benzene rings is 2. The number of anilines is 3. The van der Waals surface area contributed by atoms with Crippen LogP contribution in [0.2, 0.25) is 0 Å². The maximum atomic E-state index is 8.65. The molecule has 0 fully saturated rings. The number of aliphatic imine (C=N–C) groups is 1. The van der Waals surface area contributed by atoms with Gasteiger partial charge in [0.2, 0.25) is 0 Å². The third-order valence-electron chi connectivity index (χ3n) is 6.87. The van der Waals surface area contributed by atoms with Crippen LogP contribution in [0, 0.1) is 11.3 Å². The minimum atomic E-state index is 0. The van der Waals surface area contributed by atoms with Gasteiger partial charge in [0.1, 0.15) is 11.7 Å². The first kappa shape index (κ1) is 25.1. The van der Waals surface area contributed by atoms with Crippen molar-refractivity contribution in [3.05, 3.63) is 82.3 Å². The first-order valence-corrected chi connectivity index (χ1v) is 12.9. The molecule has 3 N–H and O–H groups in total. The highest BCUT2D eigenvalue weighted by Gasteiger charge is 2.39. The molecule has 0 amide bonds. The number of allylic oxidation sites excluding steroid dienone is 1. The monoisotopic (exact) mass is 505 g/mol. The highest BCUT2D eigenvalue weighted by Crippen LogP contribution is 2.47. The Kier molecular flexibility index (Phi) is 7.72. The van der Waals surface area contributed by atoms with Gasteiger partial charge in [0.25, 0.3) is 0 Å². The third kappa shape index (κ3) is 4.78. The topological polar surface area (TPSA) is 78.4 Å². The molecule has 5 nitrogen and oxygen atoms in total. The molecule has 0 bridgehead atoms. The predicted octanol–water partition coefficient (Wildman–Crippen LogP) is 7.38. The first-order valence-electron chi connectivity index (χ1n) is 12.1. The molecule has 35 heavy (non-hydrogen) atoms. The second-order valence-corrected chi connectivity index (χ2v) is 10.1. The molecule has 3 aromatic rings. The number of rotatable bonds is 7. The Morgan fingerprint density at radius 3 is 2.46 bits per heavy atom. The zero-order valence-electron chi connectivity index (χ0n) is 20.2. The van der Waals surface area contributed by atoms with E-state index in [-0.39, 0.29) is 18.3 Å². The Balaban J connectivity index is 0.00000289. The summed E-state index contributed by atoms with van der Waals surface area (Å²) in [6.45, 7) is 5.39. The van der Waals surface area contributed by atoms with Crippen LogP contribution >= 0.6 is 23.7 Å². The largest absolute Gasteiger partial charge is 0.382 e. The van der Waals surface area contributed by atoms with E-state index in [1.807, 2.05) is 6.07 Å². The van der Waals surface area contributed by atoms with E-state index in [2.05, 4.69) is 73.3 Å². The second-order valence-electron chi connectivity index (χ2n) is 9.16. The second kappa shape index (κ2) is 10.8. The van der Waals surface area contributed by atoms with E-state index in [9.17, 15) is 0 Å². The summed E-state index contributed by atoms with van der Waals surface area (Å²) in [5.74, 6) is 1.57. The van der Waals surface area contributed by atoms with Crippen LogP contribution in [0.15, 0.2) is 76.8 Å². The highest BCUT2D eigenvalue weighted by molar-refractivity contribution is 7.18. The summed E-state index contributed by atoms with van der Waals surface area (Å²) in [6.07, 6.45) is 4.13. The fraction of sp³-hybridized carbons (Fsp3) is 0.321. The molecule has 0 spiro atoms. The number of para-hydroxylation sites is 1. The minimum Gasteiger partial charge on any atom is -0.382 e. The van der Waals surface area contributed by atoms with Crippen LogP contribution in [-0.2, 0) is 0 Å². The lowest BCUT2D eigenvalue weighted by molar-refractivity contribution is 0.456. The summed E-state index contributed by atoms with van der Waals surface area (Å²) in [5, 5.41) is 9.53. The van der Waals surface area contributed by atoms with E-state index in [4.69, 9.17) is 21.1 Å². The Morgan fingerprint density at radius 2 is 1.77 bits per heavy atom. The van der Waals surface area contributed by atoms with Gasteiger partial charge in [0, 0.05) is 23.7 Å². The van der Waals surface area contributed by atoms with Gasteiger partial charge in [-0.15, -0.1) is 12.4 Å². The van der Waals surface area contributed by atoms with Crippen LogP contribution < -0.4 is 10.6 Å². The molecule has 5 rings (SSSR count). The average molecular weight is 506 g/mol. The maximum Gasteiger partial charge on any atom is 0.192 e. The summed E-state index contributed by atoms with van der Waals surface area (Å²) >= 11 is 1.59. The van der Waals surface area contributed by atoms with Gasteiger partial charge < -0.3 is 10.6 Å². The van der Waals surface area contributed by atoms with Gasteiger partial charge in [-0.1, -0.05) is 80.1 Å². The molecule has 1 aliphatic carbocycles. The zero-order valence-corrected chi connectivity index (χ0v) is 21.8. The number of amidine groups is 1. The van der Waals surface area contributed by atoms with Crippen molar-refractivity contribution < 1.29 is 0 Å². The minimum absolute atomic E-state index is 0. The van der Waals surface area contributed by atoms with E-state index in [1.54, 1.807) is 11.3 Å². The van der Waals surface area contributed by atoms with Crippen molar-refractivity contribution in [1.82, 2.24) is 4.98 Å². The standard InChI is InChI=1S/C28H31N5S.ClH/c1-3-4-17-33(20-13-9-6-10-14-20)28-32-27(30)25(34-28)24-23-21(26(29)31-24)16-15-18(2)22(23)19-11-7-5-8-12-19;/h5-14,18,22,29H,3-4,15-17,30H2,1-2H3;1H. The number of unbranched alkanes of at least 4 members (excludes halogenated alkanes) is 1. The van der Waals surface area contributed by atoms with Gasteiger partial charge >= 0.3 is 0 Å². The van der Waals surface area contributed by atoms with Crippen molar-refractivity contribution >= 4 is 51.9 Å². The Labute approximate surface area is 217 Å². The van der Waals surface area contributed by atoms with Gasteiger partial charge in [-0.2, -0.15) is 0 Å². The van der Waals surface area contributed by atoms with Crippen LogP contribution in [0.4, 0.5) is 16.6 Å². The summed E-state index contributed by atoms with van der Waals surface area (Å²) in [7, 11) is 0. The SMILES string of the molecule is CCCCN(c1ccccc1)c1nc(N)c(C2=NC(=N)C3=C2C(c2ccccc2)C(C)CC3)s1.Cl. The first-order chi connectivity index (χ1) is 16.6. The quantitative estimate of drug-likeness (QED) is 0.351. The van der Waals surface area contributed by atoms with Gasteiger partial charge in [-0.25, -0.2) is 9.98 Å². The van der Waals surface area contributed by atoms with Gasteiger partial charge in [0.05, 0.1) is 10.6 Å². The molecule has 0 saturated heterocycles. The summed E-state index contributed by atoms with van der Waals surface area (Å²) < 4.78 is 0. The lowest BCUT2D eigenvalue weighted by Gasteiger charge is -2.31. The fourth-order valence-electron chi connectivity index (χ4n) is 5.11. The van der Waals surface area contributed by atoms with Crippen LogP contribution in [-0.4, -0.2) is 23.1 Å². The van der Waals surface area contributed by atoms with Gasteiger partial charge in [-0.3, -0.25) is 5.41 Å². The van der Waals surface area contributed by atoms with E-state index in [0.29, 0.717) is 17.6 Å². The van der Waals surface area contributed by atoms with Crippen molar-refractivity contribution in [3.63, 3.8) is 0 Å². The molecule has 2 aromatic carbocycles. The Morgan fingerprint density at radius 1 is 1.09 bits per heavy atom.